The van der Waals surface area contributed by atoms with Crippen LogP contribution in [-0.2, 0) is 4.74 Å². The third-order valence-electron chi connectivity index (χ3n) is 4.14. The largest absolute Gasteiger partial charge is 0.504 e. The summed E-state index contributed by atoms with van der Waals surface area (Å²) in [6.45, 7) is 3.91. The van der Waals surface area contributed by atoms with Gasteiger partial charge in [-0.15, -0.1) is 0 Å². The van der Waals surface area contributed by atoms with Crippen LogP contribution in [0.3, 0.4) is 0 Å². The molecule has 0 spiro atoms. The van der Waals surface area contributed by atoms with E-state index in [1.807, 2.05) is 50.2 Å². The highest BCUT2D eigenvalue weighted by molar-refractivity contribution is 5.80. The fraction of sp³-hybridized carbons (Fsp3) is 0.222. The minimum Gasteiger partial charge on any atom is -0.504 e. The predicted molar refractivity (Wildman–Crippen MR) is 81.8 cm³/mol. The summed E-state index contributed by atoms with van der Waals surface area (Å²) in [5.74, 6) is 2.02. The summed E-state index contributed by atoms with van der Waals surface area (Å²) in [5.41, 5.74) is 3.48. The second-order valence-corrected chi connectivity index (χ2v) is 5.57. The van der Waals surface area contributed by atoms with E-state index in [1.54, 1.807) is 0 Å². The van der Waals surface area contributed by atoms with E-state index in [1.165, 1.54) is 0 Å². The lowest BCUT2D eigenvalue weighted by Crippen LogP contribution is -2.22. The molecule has 4 rings (SSSR count). The van der Waals surface area contributed by atoms with E-state index >= 15 is 0 Å². The van der Waals surface area contributed by atoms with Crippen molar-refractivity contribution in [2.45, 2.75) is 20.0 Å². The van der Waals surface area contributed by atoms with Crippen molar-refractivity contribution in [1.82, 2.24) is 0 Å². The van der Waals surface area contributed by atoms with Gasteiger partial charge in [0.15, 0.2) is 11.5 Å². The van der Waals surface area contributed by atoms with Gasteiger partial charge in [0.2, 0.25) is 6.79 Å². The van der Waals surface area contributed by atoms with Gasteiger partial charge in [-0.2, -0.15) is 0 Å². The Morgan fingerprint density at radius 3 is 2.64 bits per heavy atom. The molecule has 4 heteroatoms. The molecule has 1 N–H and O–H groups in total. The molecule has 1 unspecified atom stereocenters. The highest BCUT2D eigenvalue weighted by atomic mass is 16.7. The molecule has 0 amide bonds. The van der Waals surface area contributed by atoms with Gasteiger partial charge in [-0.05, 0) is 31.0 Å². The summed E-state index contributed by atoms with van der Waals surface area (Å²) in [6, 6.07) is 11.9. The van der Waals surface area contributed by atoms with Crippen LogP contribution in [0.15, 0.2) is 42.0 Å². The standard InChI is InChI=1S/C18H16O4/c1-10-8-13-14-17(20-9-21-18(14)15(10)19)11(2)16(22-13)12-6-4-3-5-7-12/h3-8,16,19H,9H2,1-2H3. The first-order chi connectivity index (χ1) is 10.7. The van der Waals surface area contributed by atoms with Crippen molar-refractivity contribution in [3.05, 3.63) is 58.7 Å². The van der Waals surface area contributed by atoms with E-state index in [2.05, 4.69) is 0 Å². The third kappa shape index (κ3) is 1.77. The van der Waals surface area contributed by atoms with Gasteiger partial charge in [0.25, 0.3) is 0 Å². The topological polar surface area (TPSA) is 47.9 Å². The monoisotopic (exact) mass is 296 g/mol. The number of benzene rings is 2. The Kier molecular flexibility index (Phi) is 2.79. The van der Waals surface area contributed by atoms with Crippen LogP contribution < -0.4 is 9.47 Å². The summed E-state index contributed by atoms with van der Waals surface area (Å²) in [5, 5.41) is 10.2. The maximum atomic E-state index is 10.2. The molecule has 112 valence electrons. The zero-order valence-corrected chi connectivity index (χ0v) is 12.4. The van der Waals surface area contributed by atoms with Crippen LogP contribution in [0.2, 0.25) is 0 Å². The van der Waals surface area contributed by atoms with Crippen molar-refractivity contribution < 1.29 is 19.3 Å². The van der Waals surface area contributed by atoms with Crippen LogP contribution in [-0.4, -0.2) is 11.9 Å². The highest BCUT2D eigenvalue weighted by Crippen LogP contribution is 2.52. The lowest BCUT2D eigenvalue weighted by atomic mass is 9.94. The molecule has 0 saturated carbocycles. The van der Waals surface area contributed by atoms with Crippen molar-refractivity contribution in [3.63, 3.8) is 0 Å². The average Bonchev–Trinajstić information content (AvgIpc) is 2.56. The van der Waals surface area contributed by atoms with E-state index in [9.17, 15) is 5.11 Å². The number of hydrogen-bond donors (Lipinski definition) is 1. The summed E-state index contributed by atoms with van der Waals surface area (Å²) in [4.78, 5) is 0. The Labute approximate surface area is 128 Å². The Morgan fingerprint density at radius 1 is 1.09 bits per heavy atom. The Bertz CT molecular complexity index is 777. The molecule has 0 saturated heterocycles. The van der Waals surface area contributed by atoms with Crippen LogP contribution >= 0.6 is 0 Å². The molecule has 1 atom stereocenters. The lowest BCUT2D eigenvalue weighted by molar-refractivity contribution is 0.0684. The Balaban J connectivity index is 1.93. The van der Waals surface area contributed by atoms with E-state index in [0.29, 0.717) is 17.1 Å². The molecule has 2 aliphatic heterocycles. The first kappa shape index (κ1) is 13.1. The summed E-state index contributed by atoms with van der Waals surface area (Å²) >= 11 is 0. The molecule has 22 heavy (non-hydrogen) atoms. The van der Waals surface area contributed by atoms with Gasteiger partial charge in [0.05, 0.1) is 0 Å². The molecular formula is C18H16O4. The van der Waals surface area contributed by atoms with Gasteiger partial charge in [0.1, 0.15) is 23.2 Å². The Morgan fingerprint density at radius 2 is 1.86 bits per heavy atom. The fourth-order valence-corrected chi connectivity index (χ4v) is 3.01. The molecule has 4 nitrogen and oxygen atoms in total. The van der Waals surface area contributed by atoms with Crippen molar-refractivity contribution in [2.24, 2.45) is 0 Å². The molecule has 0 aliphatic carbocycles. The van der Waals surface area contributed by atoms with Gasteiger partial charge >= 0.3 is 0 Å². The van der Waals surface area contributed by atoms with Crippen LogP contribution in [0.5, 0.6) is 17.2 Å². The van der Waals surface area contributed by atoms with Crippen molar-refractivity contribution in [1.29, 1.82) is 0 Å². The van der Waals surface area contributed by atoms with Crippen molar-refractivity contribution >= 4 is 5.76 Å². The Hall–Kier alpha value is -2.62. The molecule has 0 aromatic heterocycles. The summed E-state index contributed by atoms with van der Waals surface area (Å²) in [6.07, 6.45) is -0.196. The van der Waals surface area contributed by atoms with Crippen LogP contribution in [0.1, 0.15) is 29.7 Å². The predicted octanol–water partition coefficient (Wildman–Crippen LogP) is 3.93. The molecule has 0 fully saturated rings. The van der Waals surface area contributed by atoms with Gasteiger partial charge in [-0.3, -0.25) is 0 Å². The maximum absolute atomic E-state index is 10.2. The number of phenols is 1. The number of hydrogen-bond acceptors (Lipinski definition) is 4. The zero-order chi connectivity index (χ0) is 15.3. The van der Waals surface area contributed by atoms with Gasteiger partial charge in [-0.25, -0.2) is 0 Å². The quantitative estimate of drug-likeness (QED) is 0.866. The van der Waals surface area contributed by atoms with Crippen molar-refractivity contribution in [3.8, 4) is 17.2 Å². The molecule has 2 aliphatic rings. The average molecular weight is 296 g/mol. The molecule has 2 aromatic rings. The minimum absolute atomic E-state index is 0.0949. The number of ether oxygens (including phenoxy) is 3. The number of aromatic hydroxyl groups is 1. The van der Waals surface area contributed by atoms with E-state index < -0.39 is 0 Å². The van der Waals surface area contributed by atoms with Crippen LogP contribution in [0.25, 0.3) is 5.76 Å². The maximum Gasteiger partial charge on any atom is 0.231 e. The van der Waals surface area contributed by atoms with Crippen LogP contribution in [0, 0.1) is 6.92 Å². The van der Waals surface area contributed by atoms with Crippen LogP contribution in [0.4, 0.5) is 0 Å². The number of rotatable bonds is 1. The summed E-state index contributed by atoms with van der Waals surface area (Å²) < 4.78 is 17.4. The van der Waals surface area contributed by atoms with E-state index in [0.717, 1.165) is 22.5 Å². The minimum atomic E-state index is -0.196. The molecule has 0 bridgehead atoms. The van der Waals surface area contributed by atoms with Gasteiger partial charge in [-0.1, -0.05) is 30.3 Å². The molecule has 0 radical (unpaired) electrons. The lowest BCUT2D eigenvalue weighted by Gasteiger charge is -2.33. The molecule has 2 aromatic carbocycles. The van der Waals surface area contributed by atoms with E-state index in [4.69, 9.17) is 14.2 Å². The second-order valence-electron chi connectivity index (χ2n) is 5.57. The number of aryl methyl sites for hydroxylation is 1. The fourth-order valence-electron chi connectivity index (χ4n) is 3.01. The van der Waals surface area contributed by atoms with Crippen molar-refractivity contribution in [2.75, 3.05) is 6.79 Å². The normalized spacial score (nSPS) is 18.9. The molecular weight excluding hydrogens is 280 g/mol. The molecule has 2 heterocycles. The van der Waals surface area contributed by atoms with Gasteiger partial charge in [0, 0.05) is 5.57 Å². The highest BCUT2D eigenvalue weighted by Gasteiger charge is 2.35. The van der Waals surface area contributed by atoms with Gasteiger partial charge < -0.3 is 19.3 Å². The smallest absolute Gasteiger partial charge is 0.231 e. The van der Waals surface area contributed by atoms with E-state index in [-0.39, 0.29) is 18.6 Å². The SMILES string of the molecule is CC1=C2OCOc3c(O)c(C)cc(c32)OC1c1ccccc1. The second kappa shape index (κ2) is 4.70. The first-order valence-electron chi connectivity index (χ1n) is 7.21. The first-order valence-corrected chi connectivity index (χ1v) is 7.21. The zero-order valence-electron chi connectivity index (χ0n) is 12.4. The third-order valence-corrected chi connectivity index (χ3v) is 4.14. The number of phenolic OH excluding ortho intramolecular Hbond substituents is 1. The summed E-state index contributed by atoms with van der Waals surface area (Å²) in [7, 11) is 0.